The predicted molar refractivity (Wildman–Crippen MR) is 137 cm³/mol. The van der Waals surface area contributed by atoms with Gasteiger partial charge >= 0.3 is 0 Å². The Bertz CT molecular complexity index is 1360. The fraction of sp³-hybridized carbons (Fsp3) is 0.185. The SMILES string of the molecule is CCOc1ccc(-n2cccc2[C@H]2[C@H](c3ccccn3)NC(=S)N2c2ccc3c(c2)OCO3)cc1. The lowest BCUT2D eigenvalue weighted by Gasteiger charge is -2.29. The van der Waals surface area contributed by atoms with E-state index in [9.17, 15) is 0 Å². The molecule has 0 radical (unpaired) electrons. The van der Waals surface area contributed by atoms with E-state index in [0.29, 0.717) is 17.5 Å². The molecule has 0 saturated carbocycles. The molecular weight excluding hydrogens is 460 g/mol. The van der Waals surface area contributed by atoms with E-state index in [1.807, 2.05) is 61.7 Å². The zero-order chi connectivity index (χ0) is 23.8. The smallest absolute Gasteiger partial charge is 0.231 e. The van der Waals surface area contributed by atoms with Crippen molar-refractivity contribution in [2.75, 3.05) is 18.3 Å². The van der Waals surface area contributed by atoms with Crippen LogP contribution in [0.5, 0.6) is 17.2 Å². The largest absolute Gasteiger partial charge is 0.494 e. The summed E-state index contributed by atoms with van der Waals surface area (Å²) in [7, 11) is 0. The highest BCUT2D eigenvalue weighted by Crippen LogP contribution is 2.44. The minimum atomic E-state index is -0.153. The van der Waals surface area contributed by atoms with Crippen LogP contribution in [0.25, 0.3) is 5.69 Å². The van der Waals surface area contributed by atoms with E-state index in [1.54, 1.807) is 0 Å². The van der Waals surface area contributed by atoms with Crippen molar-refractivity contribution >= 4 is 23.0 Å². The molecule has 0 bridgehead atoms. The normalized spacial score (nSPS) is 18.5. The highest BCUT2D eigenvalue weighted by Gasteiger charge is 2.42. The summed E-state index contributed by atoms with van der Waals surface area (Å²) in [5.74, 6) is 2.30. The van der Waals surface area contributed by atoms with E-state index < -0.39 is 0 Å². The van der Waals surface area contributed by atoms with Crippen molar-refractivity contribution in [3.8, 4) is 22.9 Å². The second kappa shape index (κ2) is 8.96. The van der Waals surface area contributed by atoms with Crippen molar-refractivity contribution in [3.63, 3.8) is 0 Å². The third kappa shape index (κ3) is 3.85. The van der Waals surface area contributed by atoms with Crippen molar-refractivity contribution in [2.45, 2.75) is 19.0 Å². The first kappa shape index (κ1) is 21.5. The molecule has 2 aromatic carbocycles. The molecule has 1 saturated heterocycles. The van der Waals surface area contributed by atoms with Crippen LogP contribution in [0.15, 0.2) is 85.2 Å². The Hall–Kier alpha value is -4.04. The van der Waals surface area contributed by atoms with Crippen LogP contribution in [0.3, 0.4) is 0 Å². The predicted octanol–water partition coefficient (Wildman–Crippen LogP) is 5.18. The second-order valence-electron chi connectivity index (χ2n) is 8.26. The molecule has 1 fully saturated rings. The van der Waals surface area contributed by atoms with Crippen molar-refractivity contribution in [1.29, 1.82) is 0 Å². The summed E-state index contributed by atoms with van der Waals surface area (Å²) in [6.07, 6.45) is 3.88. The number of nitrogens with one attached hydrogen (secondary N) is 1. The first-order chi connectivity index (χ1) is 17.2. The van der Waals surface area contributed by atoms with Crippen LogP contribution < -0.4 is 24.4 Å². The van der Waals surface area contributed by atoms with Gasteiger partial charge in [-0.2, -0.15) is 0 Å². The molecule has 2 aliphatic heterocycles. The third-order valence-electron chi connectivity index (χ3n) is 6.24. The summed E-state index contributed by atoms with van der Waals surface area (Å²) in [5.41, 5.74) is 3.96. The van der Waals surface area contributed by atoms with Crippen molar-refractivity contribution in [1.82, 2.24) is 14.9 Å². The van der Waals surface area contributed by atoms with Gasteiger partial charge in [-0.25, -0.2) is 0 Å². The van der Waals surface area contributed by atoms with Gasteiger partial charge in [0.15, 0.2) is 16.6 Å². The Balaban J connectivity index is 1.46. The van der Waals surface area contributed by atoms with Gasteiger partial charge in [-0.15, -0.1) is 0 Å². The number of ether oxygens (including phenoxy) is 3. The van der Waals surface area contributed by atoms with E-state index in [4.69, 9.17) is 26.4 Å². The van der Waals surface area contributed by atoms with Gasteiger partial charge < -0.3 is 29.0 Å². The van der Waals surface area contributed by atoms with Crippen LogP contribution in [0.1, 0.15) is 30.4 Å². The zero-order valence-corrected chi connectivity index (χ0v) is 19.9. The lowest BCUT2D eigenvalue weighted by molar-refractivity contribution is 0.174. The van der Waals surface area contributed by atoms with E-state index in [-0.39, 0.29) is 18.9 Å². The lowest BCUT2D eigenvalue weighted by atomic mass is 10.0. The maximum absolute atomic E-state index is 5.87. The maximum atomic E-state index is 5.87. The number of hydrogen-bond acceptors (Lipinski definition) is 5. The minimum absolute atomic E-state index is 0.148. The fourth-order valence-electron chi connectivity index (χ4n) is 4.71. The molecule has 8 heteroatoms. The molecule has 2 aromatic heterocycles. The summed E-state index contributed by atoms with van der Waals surface area (Å²) in [6.45, 7) is 2.84. The van der Waals surface area contributed by atoms with Gasteiger partial charge in [-0.3, -0.25) is 4.98 Å². The Morgan fingerprint density at radius 2 is 1.83 bits per heavy atom. The number of thiocarbonyl (C=S) groups is 1. The average molecular weight is 485 g/mol. The molecule has 4 aromatic rings. The van der Waals surface area contributed by atoms with E-state index in [0.717, 1.165) is 34.3 Å². The van der Waals surface area contributed by atoms with Crippen LogP contribution in [0.2, 0.25) is 0 Å². The lowest BCUT2D eigenvalue weighted by Crippen LogP contribution is -2.30. The van der Waals surface area contributed by atoms with Crippen molar-refractivity contribution < 1.29 is 14.2 Å². The summed E-state index contributed by atoms with van der Waals surface area (Å²) >= 11 is 5.87. The molecule has 0 aliphatic carbocycles. The first-order valence-electron chi connectivity index (χ1n) is 11.5. The van der Waals surface area contributed by atoms with Crippen LogP contribution in [-0.2, 0) is 0 Å². The number of benzene rings is 2. The molecule has 7 nitrogen and oxygen atoms in total. The summed E-state index contributed by atoms with van der Waals surface area (Å²) in [4.78, 5) is 6.79. The van der Waals surface area contributed by atoms with Crippen LogP contribution in [0, 0.1) is 0 Å². The number of fused-ring (bicyclic) bond motifs is 1. The van der Waals surface area contributed by atoms with Crippen LogP contribution in [0.4, 0.5) is 5.69 Å². The molecular formula is C27H24N4O3S. The summed E-state index contributed by atoms with van der Waals surface area (Å²) in [5, 5.41) is 4.15. The topological polar surface area (TPSA) is 60.8 Å². The summed E-state index contributed by atoms with van der Waals surface area (Å²) < 4.78 is 19.0. The average Bonchev–Trinajstić information content (AvgIpc) is 3.63. The Labute approximate surface area is 208 Å². The molecule has 2 aliphatic rings. The van der Waals surface area contributed by atoms with Crippen LogP contribution in [-0.4, -0.2) is 28.1 Å². The molecule has 176 valence electrons. The van der Waals surface area contributed by atoms with Gasteiger partial charge in [0.2, 0.25) is 6.79 Å². The number of nitrogens with zero attached hydrogens (tertiary/aromatic N) is 3. The quantitative estimate of drug-likeness (QED) is 0.379. The van der Waals surface area contributed by atoms with E-state index >= 15 is 0 Å². The van der Waals surface area contributed by atoms with E-state index in [2.05, 4.69) is 50.2 Å². The number of rotatable bonds is 6. The number of aromatic nitrogens is 2. The minimum Gasteiger partial charge on any atom is -0.494 e. The van der Waals surface area contributed by atoms with Crippen molar-refractivity contribution in [3.05, 3.63) is 96.6 Å². The standard InChI is InChI=1S/C27H24N4O3S/c1-2-32-20-11-8-18(9-12-20)30-15-5-7-22(30)26-25(21-6-3-4-14-28-21)29-27(35)31(26)19-10-13-23-24(16-19)34-17-33-23/h3-16,25-26H,2,17H2,1H3,(H,29,35)/t25-,26-/m0/s1. The van der Waals surface area contributed by atoms with Gasteiger partial charge in [-0.05, 0) is 79.8 Å². The number of pyridine rings is 1. The van der Waals surface area contributed by atoms with Gasteiger partial charge in [-0.1, -0.05) is 6.07 Å². The van der Waals surface area contributed by atoms with E-state index in [1.165, 1.54) is 0 Å². The Morgan fingerprint density at radius 1 is 1.00 bits per heavy atom. The molecule has 1 N–H and O–H groups in total. The molecule has 0 spiro atoms. The fourth-order valence-corrected chi connectivity index (χ4v) is 5.05. The van der Waals surface area contributed by atoms with Crippen molar-refractivity contribution in [2.24, 2.45) is 0 Å². The highest BCUT2D eigenvalue weighted by molar-refractivity contribution is 7.80. The molecule has 2 atom stereocenters. The van der Waals surface area contributed by atoms with Gasteiger partial charge in [0.05, 0.1) is 18.3 Å². The van der Waals surface area contributed by atoms with Gasteiger partial charge in [0.25, 0.3) is 0 Å². The molecule has 6 rings (SSSR count). The third-order valence-corrected chi connectivity index (χ3v) is 6.56. The highest BCUT2D eigenvalue weighted by atomic mass is 32.1. The Kier molecular flexibility index (Phi) is 5.50. The molecule has 0 unspecified atom stereocenters. The summed E-state index contributed by atoms with van der Waals surface area (Å²) in [6, 6.07) is 23.9. The molecule has 4 heterocycles. The van der Waals surface area contributed by atoms with Gasteiger partial charge in [0.1, 0.15) is 11.8 Å². The zero-order valence-electron chi connectivity index (χ0n) is 19.1. The second-order valence-corrected chi connectivity index (χ2v) is 8.65. The van der Waals surface area contributed by atoms with Gasteiger partial charge in [0, 0.05) is 35.5 Å². The number of hydrogen-bond donors (Lipinski definition) is 1. The maximum Gasteiger partial charge on any atom is 0.231 e. The monoisotopic (exact) mass is 484 g/mol. The first-order valence-corrected chi connectivity index (χ1v) is 11.9. The van der Waals surface area contributed by atoms with Crippen LogP contribution >= 0.6 is 12.2 Å². The molecule has 0 amide bonds. The molecule has 35 heavy (non-hydrogen) atoms. The number of anilines is 1. The Morgan fingerprint density at radius 3 is 2.63 bits per heavy atom.